The van der Waals surface area contributed by atoms with Crippen molar-refractivity contribution in [1.82, 2.24) is 5.32 Å². The van der Waals surface area contributed by atoms with Crippen molar-refractivity contribution in [2.45, 2.75) is 12.6 Å². The van der Waals surface area contributed by atoms with E-state index in [-0.39, 0.29) is 11.9 Å². The summed E-state index contributed by atoms with van der Waals surface area (Å²) in [5.41, 5.74) is 2.28. The SMILES string of the molecule is COc1ccc(C[NH+](C)CC(=O)N[C@H](c2ccccc2)c2cccs2)cc1. The summed E-state index contributed by atoms with van der Waals surface area (Å²) in [6.45, 7) is 1.20. The molecule has 0 aliphatic heterocycles. The first-order chi connectivity index (χ1) is 13.2. The normalized spacial score (nSPS) is 13.0. The number of carbonyl (C=O) groups excluding carboxylic acids is 1. The molecule has 0 aliphatic rings. The summed E-state index contributed by atoms with van der Waals surface area (Å²) in [5.74, 6) is 0.888. The molecule has 0 bridgehead atoms. The number of likely N-dealkylation sites (N-methyl/N-ethyl adjacent to an activating group) is 1. The highest BCUT2D eigenvalue weighted by molar-refractivity contribution is 7.10. The Morgan fingerprint density at radius 3 is 2.44 bits per heavy atom. The first kappa shape index (κ1) is 19.1. The minimum absolute atomic E-state index is 0.0447. The molecule has 0 saturated heterocycles. The lowest BCUT2D eigenvalue weighted by atomic mass is 10.1. The van der Waals surface area contributed by atoms with Gasteiger partial charge in [-0.25, -0.2) is 0 Å². The molecular weight excluding hydrogens is 356 g/mol. The smallest absolute Gasteiger partial charge is 0.275 e. The molecule has 1 heterocycles. The molecule has 2 aromatic carbocycles. The van der Waals surface area contributed by atoms with Crippen LogP contribution in [-0.2, 0) is 11.3 Å². The molecule has 0 spiro atoms. The van der Waals surface area contributed by atoms with Crippen molar-refractivity contribution in [3.8, 4) is 5.75 Å². The first-order valence-electron chi connectivity index (χ1n) is 8.97. The highest BCUT2D eigenvalue weighted by atomic mass is 32.1. The van der Waals surface area contributed by atoms with Crippen LogP contribution in [0.25, 0.3) is 0 Å². The second-order valence-corrected chi connectivity index (χ2v) is 7.56. The minimum Gasteiger partial charge on any atom is -0.497 e. The number of rotatable bonds is 8. The van der Waals surface area contributed by atoms with Crippen LogP contribution < -0.4 is 15.0 Å². The van der Waals surface area contributed by atoms with Crippen molar-refractivity contribution in [2.75, 3.05) is 20.7 Å². The van der Waals surface area contributed by atoms with Gasteiger partial charge in [0.1, 0.15) is 12.3 Å². The zero-order valence-electron chi connectivity index (χ0n) is 15.6. The fourth-order valence-corrected chi connectivity index (χ4v) is 3.86. The number of amides is 1. The summed E-state index contributed by atoms with van der Waals surface area (Å²) in [7, 11) is 3.69. The lowest BCUT2D eigenvalue weighted by Crippen LogP contribution is -3.08. The predicted molar refractivity (Wildman–Crippen MR) is 109 cm³/mol. The summed E-state index contributed by atoms with van der Waals surface area (Å²) in [6, 6.07) is 22.1. The number of hydrogen-bond acceptors (Lipinski definition) is 3. The highest BCUT2D eigenvalue weighted by Crippen LogP contribution is 2.25. The molecular formula is C22H25N2O2S+. The van der Waals surface area contributed by atoms with E-state index in [2.05, 4.69) is 23.5 Å². The summed E-state index contributed by atoms with van der Waals surface area (Å²) in [4.78, 5) is 15.0. The van der Waals surface area contributed by atoms with Gasteiger partial charge in [-0.15, -0.1) is 11.3 Å². The number of quaternary nitrogens is 1. The van der Waals surface area contributed by atoms with Crippen molar-refractivity contribution >= 4 is 17.2 Å². The van der Waals surface area contributed by atoms with Gasteiger partial charge < -0.3 is 15.0 Å². The Kier molecular flexibility index (Phi) is 6.63. The highest BCUT2D eigenvalue weighted by Gasteiger charge is 2.19. The number of ether oxygens (including phenoxy) is 1. The summed E-state index contributed by atoms with van der Waals surface area (Å²) in [6.07, 6.45) is 0. The topological polar surface area (TPSA) is 42.8 Å². The van der Waals surface area contributed by atoms with Gasteiger partial charge in [0.2, 0.25) is 0 Å². The lowest BCUT2D eigenvalue weighted by Gasteiger charge is -2.20. The molecule has 2 atom stereocenters. The third kappa shape index (κ3) is 5.42. The molecule has 140 valence electrons. The molecule has 0 fully saturated rings. The van der Waals surface area contributed by atoms with Crippen LogP contribution in [0.3, 0.4) is 0 Å². The average molecular weight is 382 g/mol. The number of thiophene rings is 1. The van der Waals surface area contributed by atoms with Gasteiger partial charge in [-0.1, -0.05) is 36.4 Å². The molecule has 1 amide bonds. The van der Waals surface area contributed by atoms with Crippen LogP contribution in [0.2, 0.25) is 0 Å². The predicted octanol–water partition coefficient (Wildman–Crippen LogP) is 2.68. The second kappa shape index (κ2) is 9.35. The molecule has 5 heteroatoms. The van der Waals surface area contributed by atoms with Crippen LogP contribution in [0.4, 0.5) is 0 Å². The van der Waals surface area contributed by atoms with Crippen molar-refractivity contribution in [3.05, 3.63) is 88.1 Å². The van der Waals surface area contributed by atoms with Crippen LogP contribution >= 0.6 is 11.3 Å². The van der Waals surface area contributed by atoms with E-state index in [1.54, 1.807) is 18.4 Å². The van der Waals surface area contributed by atoms with E-state index in [0.717, 1.165) is 27.6 Å². The Bertz CT molecular complexity index is 833. The molecule has 0 radical (unpaired) electrons. The van der Waals surface area contributed by atoms with E-state index in [1.807, 2.05) is 61.0 Å². The van der Waals surface area contributed by atoms with Crippen LogP contribution in [0.15, 0.2) is 72.1 Å². The van der Waals surface area contributed by atoms with E-state index in [1.165, 1.54) is 5.56 Å². The standard InChI is InChI=1S/C22H24N2O2S/c1-24(15-17-10-12-19(26-2)13-11-17)16-21(25)23-22(20-9-6-14-27-20)18-7-4-3-5-8-18/h3-14,22H,15-16H2,1-2H3,(H,23,25)/p+1/t22-/m1/s1. The number of nitrogens with one attached hydrogen (secondary N) is 2. The lowest BCUT2D eigenvalue weighted by molar-refractivity contribution is -0.885. The van der Waals surface area contributed by atoms with Crippen LogP contribution in [0, 0.1) is 0 Å². The Morgan fingerprint density at radius 2 is 1.81 bits per heavy atom. The van der Waals surface area contributed by atoms with Gasteiger partial charge >= 0.3 is 0 Å². The molecule has 4 nitrogen and oxygen atoms in total. The largest absolute Gasteiger partial charge is 0.497 e. The molecule has 3 rings (SSSR count). The van der Waals surface area contributed by atoms with Gasteiger partial charge in [0.05, 0.1) is 20.2 Å². The van der Waals surface area contributed by atoms with Gasteiger partial charge in [-0.3, -0.25) is 4.79 Å². The summed E-state index contributed by atoms with van der Waals surface area (Å²) >= 11 is 1.66. The summed E-state index contributed by atoms with van der Waals surface area (Å²) in [5, 5.41) is 5.24. The third-order valence-corrected chi connectivity index (χ3v) is 5.33. The van der Waals surface area contributed by atoms with Gasteiger partial charge in [0.25, 0.3) is 5.91 Å². The van der Waals surface area contributed by atoms with Crippen LogP contribution in [0.5, 0.6) is 5.75 Å². The van der Waals surface area contributed by atoms with Crippen molar-refractivity contribution in [2.24, 2.45) is 0 Å². The van der Waals surface area contributed by atoms with Gasteiger partial charge in [-0.2, -0.15) is 0 Å². The molecule has 1 unspecified atom stereocenters. The Morgan fingerprint density at radius 1 is 1.07 bits per heavy atom. The fourth-order valence-electron chi connectivity index (χ4n) is 3.06. The maximum Gasteiger partial charge on any atom is 0.275 e. The van der Waals surface area contributed by atoms with E-state index >= 15 is 0 Å². The number of carbonyl (C=O) groups is 1. The third-order valence-electron chi connectivity index (χ3n) is 4.39. The zero-order valence-corrected chi connectivity index (χ0v) is 16.5. The Hall–Kier alpha value is -2.63. The molecule has 2 N–H and O–H groups in total. The minimum atomic E-state index is -0.104. The maximum atomic E-state index is 12.7. The number of hydrogen-bond donors (Lipinski definition) is 2. The van der Waals surface area contributed by atoms with Crippen molar-refractivity contribution < 1.29 is 14.4 Å². The van der Waals surface area contributed by atoms with Crippen molar-refractivity contribution in [3.63, 3.8) is 0 Å². The van der Waals surface area contributed by atoms with Gasteiger partial charge in [-0.05, 0) is 41.3 Å². The first-order valence-corrected chi connectivity index (χ1v) is 9.85. The molecule has 1 aromatic heterocycles. The van der Waals surface area contributed by atoms with Crippen LogP contribution in [0.1, 0.15) is 22.0 Å². The molecule has 3 aromatic rings. The quantitative estimate of drug-likeness (QED) is 0.630. The molecule has 27 heavy (non-hydrogen) atoms. The molecule has 0 saturated carbocycles. The Balaban J connectivity index is 1.62. The van der Waals surface area contributed by atoms with E-state index in [0.29, 0.717) is 6.54 Å². The molecule has 0 aliphatic carbocycles. The maximum absolute atomic E-state index is 12.7. The number of benzene rings is 2. The van der Waals surface area contributed by atoms with Crippen LogP contribution in [-0.4, -0.2) is 26.6 Å². The van der Waals surface area contributed by atoms with Gasteiger partial charge in [0, 0.05) is 10.4 Å². The average Bonchev–Trinajstić information content (AvgIpc) is 3.22. The summed E-state index contributed by atoms with van der Waals surface area (Å²) < 4.78 is 5.19. The zero-order chi connectivity index (χ0) is 19.1. The van der Waals surface area contributed by atoms with E-state index in [4.69, 9.17) is 4.74 Å². The number of methoxy groups -OCH3 is 1. The fraction of sp³-hybridized carbons (Fsp3) is 0.227. The van der Waals surface area contributed by atoms with Crippen molar-refractivity contribution in [1.29, 1.82) is 0 Å². The monoisotopic (exact) mass is 381 g/mol. The van der Waals surface area contributed by atoms with Gasteiger partial charge in [0.15, 0.2) is 6.54 Å². The Labute approximate surface area is 164 Å². The van der Waals surface area contributed by atoms with E-state index < -0.39 is 0 Å². The second-order valence-electron chi connectivity index (χ2n) is 6.59. The van der Waals surface area contributed by atoms with E-state index in [9.17, 15) is 4.79 Å².